The first-order chi connectivity index (χ1) is 11.5. The minimum absolute atomic E-state index is 0.144. The minimum atomic E-state index is -0.527. The molecule has 24 heavy (non-hydrogen) atoms. The molecule has 1 saturated carbocycles. The predicted molar refractivity (Wildman–Crippen MR) is 89.9 cm³/mol. The molecule has 3 amide bonds. The van der Waals surface area contributed by atoms with Crippen LogP contribution in [-0.4, -0.2) is 29.2 Å². The summed E-state index contributed by atoms with van der Waals surface area (Å²) in [4.78, 5) is 38.4. The van der Waals surface area contributed by atoms with Crippen molar-refractivity contribution in [2.75, 3.05) is 6.54 Å². The first kappa shape index (κ1) is 16.7. The molecule has 1 aromatic carbocycles. The van der Waals surface area contributed by atoms with E-state index < -0.39 is 5.41 Å². The second-order valence-corrected chi connectivity index (χ2v) is 7.00. The predicted octanol–water partition coefficient (Wildman–Crippen LogP) is 2.57. The van der Waals surface area contributed by atoms with Gasteiger partial charge in [0.25, 0.3) is 0 Å². The Balaban J connectivity index is 1.62. The van der Waals surface area contributed by atoms with Gasteiger partial charge in [-0.1, -0.05) is 49.6 Å². The summed E-state index contributed by atoms with van der Waals surface area (Å²) in [6.07, 6.45) is 4.92. The smallest absolute Gasteiger partial charge is 0.240 e. The first-order valence-corrected chi connectivity index (χ1v) is 8.71. The molecule has 5 heteroatoms. The second-order valence-electron chi connectivity index (χ2n) is 7.00. The van der Waals surface area contributed by atoms with Gasteiger partial charge in [-0.05, 0) is 25.3 Å². The molecule has 1 spiro atoms. The van der Waals surface area contributed by atoms with Gasteiger partial charge in [-0.15, -0.1) is 0 Å². The lowest BCUT2D eigenvalue weighted by atomic mass is 9.73. The molecule has 1 N–H and O–H groups in total. The van der Waals surface area contributed by atoms with E-state index in [-0.39, 0.29) is 36.7 Å². The number of likely N-dealkylation sites (tertiary alicyclic amines) is 1. The Morgan fingerprint density at radius 3 is 2.50 bits per heavy atom. The fourth-order valence-corrected chi connectivity index (χ4v) is 3.90. The molecule has 3 rings (SSSR count). The zero-order chi connectivity index (χ0) is 17.2. The molecule has 0 radical (unpaired) electrons. The minimum Gasteiger partial charge on any atom is -0.348 e. The summed E-state index contributed by atoms with van der Waals surface area (Å²) in [7, 11) is 0. The van der Waals surface area contributed by atoms with Crippen molar-refractivity contribution in [2.24, 2.45) is 5.41 Å². The van der Waals surface area contributed by atoms with Gasteiger partial charge < -0.3 is 5.32 Å². The Kier molecular flexibility index (Phi) is 4.69. The highest BCUT2D eigenvalue weighted by Gasteiger charge is 2.51. The Morgan fingerprint density at radius 2 is 1.83 bits per heavy atom. The highest BCUT2D eigenvalue weighted by atomic mass is 16.2. The van der Waals surface area contributed by atoms with Gasteiger partial charge in [0.05, 0.1) is 11.5 Å². The second kappa shape index (κ2) is 6.75. The zero-order valence-corrected chi connectivity index (χ0v) is 14.1. The van der Waals surface area contributed by atoms with Crippen LogP contribution in [0.3, 0.4) is 0 Å². The number of hydrogen-bond acceptors (Lipinski definition) is 3. The topological polar surface area (TPSA) is 66.5 Å². The number of nitrogens with one attached hydrogen (secondary N) is 1. The highest BCUT2D eigenvalue weighted by molar-refractivity contribution is 6.08. The van der Waals surface area contributed by atoms with E-state index in [4.69, 9.17) is 0 Å². The summed E-state index contributed by atoms with van der Waals surface area (Å²) in [5.74, 6) is -0.639. The summed E-state index contributed by atoms with van der Waals surface area (Å²) in [6, 6.07) is 9.47. The van der Waals surface area contributed by atoms with Crippen LogP contribution in [0.25, 0.3) is 0 Å². The van der Waals surface area contributed by atoms with Gasteiger partial charge in [-0.25, -0.2) is 0 Å². The Bertz CT molecular complexity index is 635. The van der Waals surface area contributed by atoms with Gasteiger partial charge in [-0.3, -0.25) is 19.3 Å². The van der Waals surface area contributed by atoms with Crippen molar-refractivity contribution < 1.29 is 14.4 Å². The summed E-state index contributed by atoms with van der Waals surface area (Å²) >= 11 is 0. The van der Waals surface area contributed by atoms with Gasteiger partial charge in [0.1, 0.15) is 6.54 Å². The summed E-state index contributed by atoms with van der Waals surface area (Å²) in [5.41, 5.74) is 0.467. The quantitative estimate of drug-likeness (QED) is 0.864. The van der Waals surface area contributed by atoms with Gasteiger partial charge in [-0.2, -0.15) is 0 Å². The number of rotatable bonds is 4. The number of carbonyl (C=O) groups excluding carboxylic acids is 3. The molecule has 0 bridgehead atoms. The summed E-state index contributed by atoms with van der Waals surface area (Å²) < 4.78 is 0. The fourth-order valence-electron chi connectivity index (χ4n) is 3.90. The van der Waals surface area contributed by atoms with Crippen LogP contribution in [0, 0.1) is 5.41 Å². The largest absolute Gasteiger partial charge is 0.348 e. The van der Waals surface area contributed by atoms with Crippen molar-refractivity contribution in [3.63, 3.8) is 0 Å². The average molecular weight is 328 g/mol. The molecule has 1 aliphatic heterocycles. The van der Waals surface area contributed by atoms with E-state index in [0.29, 0.717) is 0 Å². The van der Waals surface area contributed by atoms with Gasteiger partial charge in [0, 0.05) is 6.42 Å². The van der Waals surface area contributed by atoms with Crippen molar-refractivity contribution >= 4 is 17.7 Å². The fraction of sp³-hybridized carbons (Fsp3) is 0.526. The maximum atomic E-state index is 12.7. The van der Waals surface area contributed by atoms with Gasteiger partial charge in [0.2, 0.25) is 17.7 Å². The van der Waals surface area contributed by atoms with Crippen molar-refractivity contribution in [3.8, 4) is 0 Å². The van der Waals surface area contributed by atoms with E-state index in [0.717, 1.165) is 37.7 Å². The third kappa shape index (κ3) is 3.21. The van der Waals surface area contributed by atoms with E-state index in [1.54, 1.807) is 0 Å². The standard InChI is InChI=1S/C19H24N2O3/c1-14(15-8-4-2-5-9-15)20-16(22)13-21-17(23)12-19(18(21)24)10-6-3-7-11-19/h2,4-5,8-9,14H,3,6-7,10-13H2,1H3,(H,20,22). The molecule has 1 heterocycles. The molecule has 1 aromatic rings. The Labute approximate surface area is 142 Å². The molecule has 1 aliphatic carbocycles. The van der Waals surface area contributed by atoms with Gasteiger partial charge in [0.15, 0.2) is 0 Å². The van der Waals surface area contributed by atoms with E-state index in [1.165, 1.54) is 4.90 Å². The van der Waals surface area contributed by atoms with Crippen LogP contribution in [0.4, 0.5) is 0 Å². The Hall–Kier alpha value is -2.17. The monoisotopic (exact) mass is 328 g/mol. The SMILES string of the molecule is CC(NC(=O)CN1C(=O)CC2(CCCCC2)C1=O)c1ccccc1. The zero-order valence-electron chi connectivity index (χ0n) is 14.1. The van der Waals surface area contributed by atoms with Crippen LogP contribution in [0.2, 0.25) is 0 Å². The van der Waals surface area contributed by atoms with Crippen LogP contribution in [0.5, 0.6) is 0 Å². The molecule has 1 unspecified atom stereocenters. The van der Waals surface area contributed by atoms with Crippen LogP contribution in [0.15, 0.2) is 30.3 Å². The van der Waals surface area contributed by atoms with E-state index in [2.05, 4.69) is 5.32 Å². The summed E-state index contributed by atoms with van der Waals surface area (Å²) in [5, 5.41) is 2.87. The summed E-state index contributed by atoms with van der Waals surface area (Å²) in [6.45, 7) is 1.72. The van der Waals surface area contributed by atoms with Crippen LogP contribution in [0.1, 0.15) is 57.1 Å². The average Bonchev–Trinajstić information content (AvgIpc) is 2.80. The van der Waals surface area contributed by atoms with E-state index >= 15 is 0 Å². The normalized spacial score (nSPS) is 21.1. The van der Waals surface area contributed by atoms with E-state index in [1.807, 2.05) is 37.3 Å². The lowest BCUT2D eigenvalue weighted by Gasteiger charge is -2.30. The number of carbonyl (C=O) groups is 3. The highest BCUT2D eigenvalue weighted by Crippen LogP contribution is 2.45. The molecule has 2 aliphatic rings. The maximum absolute atomic E-state index is 12.7. The third-order valence-corrected chi connectivity index (χ3v) is 5.28. The lowest BCUT2D eigenvalue weighted by Crippen LogP contribution is -2.43. The number of hydrogen-bond donors (Lipinski definition) is 1. The van der Waals surface area contributed by atoms with Crippen molar-refractivity contribution in [1.82, 2.24) is 10.2 Å². The van der Waals surface area contributed by atoms with Crippen molar-refractivity contribution in [2.45, 2.75) is 51.5 Å². The number of amides is 3. The Morgan fingerprint density at radius 1 is 1.17 bits per heavy atom. The van der Waals surface area contributed by atoms with Crippen LogP contribution >= 0.6 is 0 Å². The molecule has 1 atom stereocenters. The molecular formula is C19H24N2O3. The third-order valence-electron chi connectivity index (χ3n) is 5.28. The maximum Gasteiger partial charge on any atom is 0.240 e. The first-order valence-electron chi connectivity index (χ1n) is 8.71. The van der Waals surface area contributed by atoms with Crippen molar-refractivity contribution in [3.05, 3.63) is 35.9 Å². The molecule has 1 saturated heterocycles. The van der Waals surface area contributed by atoms with Crippen LogP contribution in [-0.2, 0) is 14.4 Å². The van der Waals surface area contributed by atoms with Crippen molar-refractivity contribution in [1.29, 1.82) is 0 Å². The molecule has 0 aromatic heterocycles. The molecule has 5 nitrogen and oxygen atoms in total. The lowest BCUT2D eigenvalue weighted by molar-refractivity contribution is -0.145. The molecule has 2 fully saturated rings. The van der Waals surface area contributed by atoms with E-state index in [9.17, 15) is 14.4 Å². The van der Waals surface area contributed by atoms with Crippen LogP contribution < -0.4 is 5.32 Å². The number of benzene rings is 1. The molecule has 128 valence electrons. The number of nitrogens with zero attached hydrogens (tertiary/aromatic N) is 1. The number of imide groups is 1. The molecular weight excluding hydrogens is 304 g/mol. The van der Waals surface area contributed by atoms with Gasteiger partial charge >= 0.3 is 0 Å².